The summed E-state index contributed by atoms with van der Waals surface area (Å²) in [5, 5.41) is 0. The van der Waals surface area contributed by atoms with Gasteiger partial charge in [0.15, 0.2) is 5.69 Å². The Morgan fingerprint density at radius 2 is 1.64 bits per heavy atom. The van der Waals surface area contributed by atoms with Gasteiger partial charge in [0, 0.05) is 16.7 Å². The second-order valence-electron chi connectivity index (χ2n) is 4.91. The Hall–Kier alpha value is -3.08. The minimum absolute atomic E-state index is 0.0250. The van der Waals surface area contributed by atoms with Crippen molar-refractivity contribution in [2.45, 2.75) is 0 Å². The average molecular weight is 293 g/mol. The minimum atomic E-state index is -0.449. The topological polar surface area (TPSA) is 60.2 Å². The van der Waals surface area contributed by atoms with E-state index in [0.29, 0.717) is 16.7 Å². The van der Waals surface area contributed by atoms with Crippen molar-refractivity contribution in [2.24, 2.45) is 0 Å². The van der Waals surface area contributed by atoms with Gasteiger partial charge < -0.3 is 4.42 Å². The van der Waals surface area contributed by atoms with E-state index in [1.165, 1.54) is 18.2 Å². The van der Waals surface area contributed by atoms with Crippen molar-refractivity contribution in [3.63, 3.8) is 0 Å². The highest BCUT2D eigenvalue weighted by Crippen LogP contribution is 2.30. The van der Waals surface area contributed by atoms with Crippen molar-refractivity contribution >= 4 is 11.6 Å². The van der Waals surface area contributed by atoms with Crippen LogP contribution >= 0.6 is 0 Å². The first-order valence-corrected chi connectivity index (χ1v) is 6.60. The number of aromatic nitrogens is 1. The van der Waals surface area contributed by atoms with Gasteiger partial charge in [-0.2, -0.15) is 0 Å². The molecule has 0 unspecified atom stereocenters. The molecule has 1 heterocycles. The monoisotopic (exact) mass is 293 g/mol. The highest BCUT2D eigenvalue weighted by Gasteiger charge is 2.35. The normalized spacial score (nSPS) is 13.0. The Balaban J connectivity index is 1.90. The molecule has 5 heteroatoms. The molecule has 3 aromatic rings. The number of rotatable bonds is 1. The predicted molar refractivity (Wildman–Crippen MR) is 75.2 cm³/mol. The van der Waals surface area contributed by atoms with Gasteiger partial charge in [-0.3, -0.25) is 9.59 Å². The number of nitrogens with zero attached hydrogens (tertiary/aromatic N) is 1. The number of hydrogen-bond acceptors (Lipinski definition) is 4. The van der Waals surface area contributed by atoms with Crippen LogP contribution in [-0.2, 0) is 0 Å². The summed E-state index contributed by atoms with van der Waals surface area (Å²) >= 11 is 0. The van der Waals surface area contributed by atoms with E-state index >= 15 is 0 Å². The zero-order valence-corrected chi connectivity index (χ0v) is 11.2. The van der Waals surface area contributed by atoms with Crippen molar-refractivity contribution in [1.29, 1.82) is 0 Å². The Labute approximate surface area is 124 Å². The van der Waals surface area contributed by atoms with E-state index in [4.69, 9.17) is 4.42 Å². The molecule has 4 nitrogen and oxygen atoms in total. The van der Waals surface area contributed by atoms with Crippen molar-refractivity contribution in [3.05, 3.63) is 76.9 Å². The first-order chi connectivity index (χ1) is 10.6. The summed E-state index contributed by atoms with van der Waals surface area (Å²) < 4.78 is 18.7. The molecule has 0 bridgehead atoms. The maximum atomic E-state index is 13.3. The summed E-state index contributed by atoms with van der Waals surface area (Å²) in [7, 11) is 0. The van der Waals surface area contributed by atoms with E-state index in [9.17, 15) is 14.0 Å². The summed E-state index contributed by atoms with van der Waals surface area (Å²) in [6.07, 6.45) is 0. The zero-order chi connectivity index (χ0) is 15.3. The van der Waals surface area contributed by atoms with Crippen LogP contribution in [0.2, 0.25) is 0 Å². The van der Waals surface area contributed by atoms with E-state index in [1.807, 2.05) is 0 Å². The van der Waals surface area contributed by atoms with E-state index in [0.717, 1.165) is 0 Å². The van der Waals surface area contributed by atoms with Crippen LogP contribution in [0.4, 0.5) is 4.39 Å². The molecule has 0 amide bonds. The standard InChI is InChI=1S/C17H8FNO3/c18-10-5-3-4-9(8-10)17-19-13-14(20)11-6-1-2-7-12(11)15(21)16(13)22-17/h1-8H. The van der Waals surface area contributed by atoms with Gasteiger partial charge in [-0.1, -0.05) is 30.3 Å². The molecule has 0 fully saturated rings. The molecule has 0 spiro atoms. The quantitative estimate of drug-likeness (QED) is 0.540. The second kappa shape index (κ2) is 4.46. The van der Waals surface area contributed by atoms with Crippen LogP contribution in [0.5, 0.6) is 0 Å². The summed E-state index contributed by atoms with van der Waals surface area (Å²) in [5.74, 6) is -1.24. The number of carbonyl (C=O) groups is 2. The van der Waals surface area contributed by atoms with Gasteiger partial charge in [-0.05, 0) is 18.2 Å². The molecule has 0 saturated carbocycles. The molecule has 0 atom stereocenters. The highest BCUT2D eigenvalue weighted by molar-refractivity contribution is 6.26. The minimum Gasteiger partial charge on any atom is -0.432 e. The molecule has 106 valence electrons. The van der Waals surface area contributed by atoms with Gasteiger partial charge in [0.2, 0.25) is 23.2 Å². The summed E-state index contributed by atoms with van der Waals surface area (Å²) in [5.41, 5.74) is 0.947. The fraction of sp³-hybridized carbons (Fsp3) is 0. The summed E-state index contributed by atoms with van der Waals surface area (Å²) in [6, 6.07) is 12.1. The number of halogens is 1. The molecular formula is C17H8FNO3. The van der Waals surface area contributed by atoms with Crippen LogP contribution in [0.25, 0.3) is 11.5 Å². The molecule has 0 saturated heterocycles. The van der Waals surface area contributed by atoms with Gasteiger partial charge in [-0.25, -0.2) is 9.37 Å². The van der Waals surface area contributed by atoms with Crippen LogP contribution in [0.15, 0.2) is 52.9 Å². The van der Waals surface area contributed by atoms with Gasteiger partial charge >= 0.3 is 0 Å². The maximum absolute atomic E-state index is 13.3. The molecule has 0 radical (unpaired) electrons. The smallest absolute Gasteiger partial charge is 0.231 e. The van der Waals surface area contributed by atoms with Crippen LogP contribution in [0.3, 0.4) is 0 Å². The number of ketones is 2. The number of carbonyl (C=O) groups excluding carboxylic acids is 2. The van der Waals surface area contributed by atoms with Crippen molar-refractivity contribution in [1.82, 2.24) is 4.98 Å². The number of hydrogen-bond donors (Lipinski definition) is 0. The van der Waals surface area contributed by atoms with E-state index in [1.54, 1.807) is 30.3 Å². The summed E-state index contributed by atoms with van der Waals surface area (Å²) in [6.45, 7) is 0. The Bertz CT molecular complexity index is 890. The molecule has 22 heavy (non-hydrogen) atoms. The molecule has 0 aliphatic heterocycles. The lowest BCUT2D eigenvalue weighted by Gasteiger charge is -2.10. The lowest BCUT2D eigenvalue weighted by Crippen LogP contribution is -2.19. The van der Waals surface area contributed by atoms with Gasteiger partial charge in [-0.15, -0.1) is 0 Å². The molecule has 1 aromatic heterocycles. The van der Waals surface area contributed by atoms with Crippen molar-refractivity contribution < 1.29 is 18.4 Å². The van der Waals surface area contributed by atoms with E-state index in [2.05, 4.69) is 4.98 Å². The maximum Gasteiger partial charge on any atom is 0.231 e. The van der Waals surface area contributed by atoms with Gasteiger partial charge in [0.25, 0.3) is 0 Å². The average Bonchev–Trinajstić information content (AvgIpc) is 2.98. The predicted octanol–water partition coefficient (Wildman–Crippen LogP) is 3.26. The molecule has 4 rings (SSSR count). The Kier molecular flexibility index (Phi) is 2.56. The van der Waals surface area contributed by atoms with Crippen LogP contribution in [0.1, 0.15) is 32.2 Å². The molecule has 1 aliphatic rings. The molecule has 0 N–H and O–H groups in total. The SMILES string of the molecule is O=C1c2ccccc2C(=O)c2oc(-c3cccc(F)c3)nc21. The largest absolute Gasteiger partial charge is 0.432 e. The van der Waals surface area contributed by atoms with Crippen LogP contribution in [0, 0.1) is 5.82 Å². The number of fused-ring (bicyclic) bond motifs is 2. The van der Waals surface area contributed by atoms with Gasteiger partial charge in [0.1, 0.15) is 5.82 Å². The molecule has 2 aromatic carbocycles. The Morgan fingerprint density at radius 3 is 2.36 bits per heavy atom. The molecule has 1 aliphatic carbocycles. The van der Waals surface area contributed by atoms with Crippen LogP contribution < -0.4 is 0 Å². The lowest BCUT2D eigenvalue weighted by atomic mass is 9.91. The highest BCUT2D eigenvalue weighted by atomic mass is 19.1. The first-order valence-electron chi connectivity index (χ1n) is 6.60. The third-order valence-corrected chi connectivity index (χ3v) is 3.54. The fourth-order valence-electron chi connectivity index (χ4n) is 2.50. The third-order valence-electron chi connectivity index (χ3n) is 3.54. The Morgan fingerprint density at radius 1 is 0.909 bits per heavy atom. The lowest BCUT2D eigenvalue weighted by molar-refractivity contribution is 0.0959. The molecular weight excluding hydrogens is 285 g/mol. The number of oxazole rings is 1. The van der Waals surface area contributed by atoms with Gasteiger partial charge in [0.05, 0.1) is 0 Å². The third kappa shape index (κ3) is 1.72. The number of benzene rings is 2. The van der Waals surface area contributed by atoms with E-state index < -0.39 is 5.82 Å². The van der Waals surface area contributed by atoms with Crippen molar-refractivity contribution in [2.75, 3.05) is 0 Å². The zero-order valence-electron chi connectivity index (χ0n) is 11.2. The second-order valence-corrected chi connectivity index (χ2v) is 4.91. The summed E-state index contributed by atoms with van der Waals surface area (Å²) in [4.78, 5) is 28.9. The van der Waals surface area contributed by atoms with Crippen molar-refractivity contribution in [3.8, 4) is 11.5 Å². The first kappa shape index (κ1) is 12.6. The van der Waals surface area contributed by atoms with Crippen LogP contribution in [-0.4, -0.2) is 16.6 Å². The fourth-order valence-corrected chi connectivity index (χ4v) is 2.50. The van der Waals surface area contributed by atoms with E-state index in [-0.39, 0.29) is 28.9 Å².